The Morgan fingerprint density at radius 3 is 2.00 bits per heavy atom. The number of amides is 2. The summed E-state index contributed by atoms with van der Waals surface area (Å²) in [6.45, 7) is 1.68. The van der Waals surface area contributed by atoms with Crippen molar-refractivity contribution in [2.75, 3.05) is 26.2 Å². The number of hydrogen-bond acceptors (Lipinski definition) is 5. The van der Waals surface area contributed by atoms with Crippen LogP contribution in [0.1, 0.15) is 12.8 Å². The fourth-order valence-corrected chi connectivity index (χ4v) is 2.14. The van der Waals surface area contributed by atoms with Crippen molar-refractivity contribution in [2.45, 2.75) is 25.0 Å². The van der Waals surface area contributed by atoms with Gasteiger partial charge >= 0.3 is 0 Å². The van der Waals surface area contributed by atoms with E-state index in [-0.39, 0.29) is 11.8 Å². The van der Waals surface area contributed by atoms with Gasteiger partial charge in [0.15, 0.2) is 0 Å². The molecule has 2 rings (SSSR count). The highest BCUT2D eigenvalue weighted by atomic mass is 16.3. The Labute approximate surface area is 93.4 Å². The van der Waals surface area contributed by atoms with E-state index in [0.29, 0.717) is 39.0 Å². The summed E-state index contributed by atoms with van der Waals surface area (Å²) in [7, 11) is 0. The van der Waals surface area contributed by atoms with Crippen molar-refractivity contribution < 1.29 is 19.8 Å². The van der Waals surface area contributed by atoms with Crippen molar-refractivity contribution >= 4 is 11.8 Å². The zero-order valence-electron chi connectivity index (χ0n) is 9.00. The number of nitrogens with zero attached hydrogens (tertiary/aromatic N) is 2. The molecule has 0 aliphatic carbocycles. The van der Waals surface area contributed by atoms with Crippen LogP contribution in [-0.4, -0.2) is 70.2 Å². The first-order valence-corrected chi connectivity index (χ1v) is 5.49. The average Bonchev–Trinajstić information content (AvgIpc) is 2.70. The van der Waals surface area contributed by atoms with Crippen molar-refractivity contribution in [3.05, 3.63) is 0 Å². The number of aliphatic hydroxyl groups excluding tert-OH is 2. The van der Waals surface area contributed by atoms with Gasteiger partial charge in [0, 0.05) is 39.0 Å². The molecule has 90 valence electrons. The molecule has 2 saturated heterocycles. The lowest BCUT2D eigenvalue weighted by atomic mass is 10.3. The molecular formula is C10H16N2O4. The van der Waals surface area contributed by atoms with Gasteiger partial charge in [0.25, 0.3) is 0 Å². The molecule has 0 bridgehead atoms. The summed E-state index contributed by atoms with van der Waals surface area (Å²) in [5, 5.41) is 18.6. The van der Waals surface area contributed by atoms with Crippen molar-refractivity contribution in [1.29, 1.82) is 0 Å². The third-order valence-electron chi connectivity index (χ3n) is 3.13. The second-order valence-electron chi connectivity index (χ2n) is 4.33. The van der Waals surface area contributed by atoms with Gasteiger partial charge in [0.05, 0.1) is 12.2 Å². The molecule has 0 aromatic rings. The third kappa shape index (κ3) is 2.23. The van der Waals surface area contributed by atoms with E-state index >= 15 is 0 Å². The van der Waals surface area contributed by atoms with Gasteiger partial charge in [-0.15, -0.1) is 0 Å². The zero-order valence-corrected chi connectivity index (χ0v) is 9.00. The van der Waals surface area contributed by atoms with Crippen LogP contribution in [0.4, 0.5) is 0 Å². The molecule has 0 saturated carbocycles. The van der Waals surface area contributed by atoms with Crippen molar-refractivity contribution in [1.82, 2.24) is 9.80 Å². The number of rotatable bonds is 3. The molecule has 2 fully saturated rings. The quantitative estimate of drug-likeness (QED) is 0.555. The Balaban J connectivity index is 1.80. The number of imide groups is 1. The van der Waals surface area contributed by atoms with Gasteiger partial charge in [-0.3, -0.25) is 19.4 Å². The molecule has 6 heteroatoms. The minimum Gasteiger partial charge on any atom is -0.389 e. The van der Waals surface area contributed by atoms with Gasteiger partial charge in [-0.05, 0) is 0 Å². The van der Waals surface area contributed by atoms with Crippen LogP contribution in [0.15, 0.2) is 0 Å². The van der Waals surface area contributed by atoms with E-state index in [2.05, 4.69) is 0 Å². The van der Waals surface area contributed by atoms with E-state index < -0.39 is 12.2 Å². The molecule has 16 heavy (non-hydrogen) atoms. The number of β-amino-alcohol motifs (C(OH)–C–C–N with tert-alkyl or cyclic N) is 2. The molecule has 0 spiro atoms. The molecule has 2 aliphatic heterocycles. The molecule has 2 unspecified atom stereocenters. The summed E-state index contributed by atoms with van der Waals surface area (Å²) in [6, 6.07) is 0. The molecule has 6 nitrogen and oxygen atoms in total. The van der Waals surface area contributed by atoms with Gasteiger partial charge in [0.1, 0.15) is 0 Å². The average molecular weight is 228 g/mol. The van der Waals surface area contributed by atoms with Crippen LogP contribution in [0.3, 0.4) is 0 Å². The smallest absolute Gasteiger partial charge is 0.229 e. The zero-order chi connectivity index (χ0) is 11.7. The Bertz CT molecular complexity index is 281. The van der Waals surface area contributed by atoms with E-state index in [1.165, 1.54) is 4.90 Å². The number of likely N-dealkylation sites (tertiary alicyclic amines) is 2. The topological polar surface area (TPSA) is 81.1 Å². The highest BCUT2D eigenvalue weighted by Gasteiger charge is 2.32. The van der Waals surface area contributed by atoms with Crippen molar-refractivity contribution in [2.24, 2.45) is 0 Å². The van der Waals surface area contributed by atoms with Gasteiger partial charge < -0.3 is 10.2 Å². The minimum atomic E-state index is -0.718. The first-order valence-electron chi connectivity index (χ1n) is 5.49. The second kappa shape index (κ2) is 4.48. The molecule has 2 aliphatic rings. The summed E-state index contributed by atoms with van der Waals surface area (Å²) in [4.78, 5) is 25.7. The van der Waals surface area contributed by atoms with E-state index in [1.54, 1.807) is 0 Å². The molecular weight excluding hydrogens is 212 g/mol. The number of carbonyl (C=O) groups excluding carboxylic acids is 2. The fourth-order valence-electron chi connectivity index (χ4n) is 2.14. The largest absolute Gasteiger partial charge is 0.389 e. The third-order valence-corrected chi connectivity index (χ3v) is 3.13. The molecule has 2 atom stereocenters. The Kier molecular flexibility index (Phi) is 3.22. The second-order valence-corrected chi connectivity index (χ2v) is 4.33. The van der Waals surface area contributed by atoms with Crippen LogP contribution in [0, 0.1) is 0 Å². The summed E-state index contributed by atoms with van der Waals surface area (Å²) < 4.78 is 0. The van der Waals surface area contributed by atoms with Crippen LogP contribution in [0.25, 0.3) is 0 Å². The highest BCUT2D eigenvalue weighted by Crippen LogP contribution is 2.13. The van der Waals surface area contributed by atoms with Crippen LogP contribution < -0.4 is 0 Å². The van der Waals surface area contributed by atoms with E-state index in [0.717, 1.165) is 0 Å². The van der Waals surface area contributed by atoms with Gasteiger partial charge in [0.2, 0.25) is 11.8 Å². The number of carbonyl (C=O) groups is 2. The predicted octanol–water partition coefficient (Wildman–Crippen LogP) is -1.83. The van der Waals surface area contributed by atoms with Gasteiger partial charge in [-0.2, -0.15) is 0 Å². The lowest BCUT2D eigenvalue weighted by molar-refractivity contribution is -0.138. The maximum atomic E-state index is 11.3. The predicted molar refractivity (Wildman–Crippen MR) is 54.4 cm³/mol. The molecule has 2 heterocycles. The molecule has 0 aromatic carbocycles. The highest BCUT2D eigenvalue weighted by molar-refractivity contribution is 6.01. The summed E-state index contributed by atoms with van der Waals surface area (Å²) in [5.41, 5.74) is 0. The maximum absolute atomic E-state index is 11.3. The van der Waals surface area contributed by atoms with Crippen LogP contribution in [0.5, 0.6) is 0 Å². The molecule has 0 aromatic heterocycles. The van der Waals surface area contributed by atoms with Crippen LogP contribution in [-0.2, 0) is 9.59 Å². The van der Waals surface area contributed by atoms with Crippen molar-refractivity contribution in [3.63, 3.8) is 0 Å². The summed E-state index contributed by atoms with van der Waals surface area (Å²) in [6.07, 6.45) is -0.816. The molecule has 2 N–H and O–H groups in total. The van der Waals surface area contributed by atoms with E-state index in [1.807, 2.05) is 4.90 Å². The first kappa shape index (κ1) is 11.5. The van der Waals surface area contributed by atoms with E-state index in [9.17, 15) is 19.8 Å². The normalized spacial score (nSPS) is 31.8. The standard InChI is InChI=1S/C10H16N2O4/c13-7-5-11(6-8(7)14)3-4-12-9(15)1-2-10(12)16/h7-8,13-14H,1-6H2. The number of hydrogen-bond donors (Lipinski definition) is 2. The van der Waals surface area contributed by atoms with Crippen LogP contribution in [0.2, 0.25) is 0 Å². The fraction of sp³-hybridized carbons (Fsp3) is 0.800. The molecule has 0 radical (unpaired) electrons. The summed E-state index contributed by atoms with van der Waals surface area (Å²) in [5.74, 6) is -0.240. The first-order chi connectivity index (χ1) is 7.58. The Morgan fingerprint density at radius 1 is 1.00 bits per heavy atom. The Hall–Kier alpha value is -0.980. The van der Waals surface area contributed by atoms with Gasteiger partial charge in [-0.1, -0.05) is 0 Å². The lowest BCUT2D eigenvalue weighted by Crippen LogP contribution is -2.37. The Morgan fingerprint density at radius 2 is 1.50 bits per heavy atom. The SMILES string of the molecule is O=C1CCC(=O)N1CCN1CC(O)C(O)C1. The maximum Gasteiger partial charge on any atom is 0.229 e. The van der Waals surface area contributed by atoms with E-state index in [4.69, 9.17) is 0 Å². The minimum absolute atomic E-state index is 0.120. The lowest BCUT2D eigenvalue weighted by Gasteiger charge is -2.19. The molecule has 2 amide bonds. The van der Waals surface area contributed by atoms with Crippen LogP contribution >= 0.6 is 0 Å². The summed E-state index contributed by atoms with van der Waals surface area (Å²) >= 11 is 0. The number of aliphatic hydroxyl groups is 2. The van der Waals surface area contributed by atoms with Gasteiger partial charge in [-0.25, -0.2) is 0 Å². The monoisotopic (exact) mass is 228 g/mol. The van der Waals surface area contributed by atoms with Crippen molar-refractivity contribution in [3.8, 4) is 0 Å².